The fourth-order valence-corrected chi connectivity index (χ4v) is 3.82. The van der Waals surface area contributed by atoms with Crippen molar-refractivity contribution in [3.63, 3.8) is 0 Å². The van der Waals surface area contributed by atoms with Crippen molar-refractivity contribution >= 4 is 16.6 Å². The van der Waals surface area contributed by atoms with E-state index in [9.17, 15) is 13.2 Å². The highest BCUT2D eigenvalue weighted by Gasteiger charge is 2.33. The van der Waals surface area contributed by atoms with Crippen LogP contribution in [0.1, 0.15) is 36.0 Å². The number of methoxy groups -OCH3 is 1. The molecule has 0 bridgehead atoms. The van der Waals surface area contributed by atoms with Gasteiger partial charge in [0.25, 0.3) is 0 Å². The molecule has 34 heavy (non-hydrogen) atoms. The van der Waals surface area contributed by atoms with E-state index >= 15 is 0 Å². The number of oxazole rings is 1. The van der Waals surface area contributed by atoms with Crippen LogP contribution in [0.4, 0.5) is 13.2 Å². The largest absolute Gasteiger partial charge is 0.494 e. The van der Waals surface area contributed by atoms with Gasteiger partial charge in [-0.2, -0.15) is 13.2 Å². The molecule has 0 aliphatic carbocycles. The Kier molecular flexibility index (Phi) is 6.63. The van der Waals surface area contributed by atoms with Crippen molar-refractivity contribution in [3.05, 3.63) is 60.6 Å². The first-order valence-corrected chi connectivity index (χ1v) is 10.7. The summed E-state index contributed by atoms with van der Waals surface area (Å²) in [5, 5.41) is 3.60. The van der Waals surface area contributed by atoms with Gasteiger partial charge in [0.2, 0.25) is 5.89 Å². The van der Waals surface area contributed by atoms with Crippen LogP contribution in [0, 0.1) is 0 Å². The molecule has 0 radical (unpaired) electrons. The second-order valence-corrected chi connectivity index (χ2v) is 7.89. The molecule has 1 aromatic carbocycles. The van der Waals surface area contributed by atoms with Gasteiger partial charge in [0.15, 0.2) is 5.76 Å². The number of benzene rings is 1. The molecule has 0 saturated carbocycles. The summed E-state index contributed by atoms with van der Waals surface area (Å²) >= 11 is 0. The molecule has 2 atom stereocenters. The molecular weight excluding hydrogens is 449 g/mol. The number of nitrogens with two attached hydrogens (primary N) is 1. The second-order valence-electron chi connectivity index (χ2n) is 7.89. The zero-order chi connectivity index (χ0) is 24.5. The van der Waals surface area contributed by atoms with E-state index in [2.05, 4.69) is 28.4 Å². The predicted octanol–water partition coefficient (Wildman–Crippen LogP) is 4.84. The maximum atomic E-state index is 13.2. The Hall–Kier alpha value is -3.37. The van der Waals surface area contributed by atoms with E-state index in [4.69, 9.17) is 19.6 Å². The second kappa shape index (κ2) is 9.47. The molecule has 1 aliphatic rings. The number of hydrogen-bond acceptors (Lipinski definition) is 7. The number of pyridine rings is 1. The molecule has 3 aromatic rings. The van der Waals surface area contributed by atoms with Crippen molar-refractivity contribution in [1.29, 1.82) is 0 Å². The third-order valence-corrected chi connectivity index (χ3v) is 5.62. The molecule has 1 unspecified atom stereocenters. The fraction of sp³-hybridized carbons (Fsp3) is 0.333. The molecule has 0 amide bonds. The number of halogens is 3. The molecule has 1 saturated heterocycles. The first kappa shape index (κ1) is 23.8. The van der Waals surface area contributed by atoms with Crippen molar-refractivity contribution in [1.82, 2.24) is 15.3 Å². The van der Waals surface area contributed by atoms with Crippen molar-refractivity contribution in [3.8, 4) is 17.2 Å². The van der Waals surface area contributed by atoms with Gasteiger partial charge in [-0.1, -0.05) is 12.7 Å². The minimum Gasteiger partial charge on any atom is -0.494 e. The van der Waals surface area contributed by atoms with Gasteiger partial charge < -0.3 is 24.9 Å². The van der Waals surface area contributed by atoms with Crippen molar-refractivity contribution in [2.45, 2.75) is 31.2 Å². The Morgan fingerprint density at radius 3 is 2.76 bits per heavy atom. The van der Waals surface area contributed by atoms with Gasteiger partial charge in [0.1, 0.15) is 22.7 Å². The summed E-state index contributed by atoms with van der Waals surface area (Å²) in [7, 11) is 1.37. The Balaban J connectivity index is 1.77. The van der Waals surface area contributed by atoms with E-state index in [0.717, 1.165) is 25.5 Å². The summed E-state index contributed by atoms with van der Waals surface area (Å²) in [4.78, 5) is 8.37. The molecule has 3 heterocycles. The molecule has 4 rings (SSSR count). The number of rotatable bonds is 8. The summed E-state index contributed by atoms with van der Waals surface area (Å²) in [5.74, 6) is 0.692. The average Bonchev–Trinajstić information content (AvgIpc) is 3.50. The quantitative estimate of drug-likeness (QED) is 0.451. The zero-order valence-electron chi connectivity index (χ0n) is 18.6. The van der Waals surface area contributed by atoms with Gasteiger partial charge in [0.05, 0.1) is 25.0 Å². The molecule has 0 spiro atoms. The molecule has 1 fully saturated rings. The number of nitrogens with one attached hydrogen (secondary N) is 1. The van der Waals surface area contributed by atoms with Crippen molar-refractivity contribution in [2.24, 2.45) is 5.73 Å². The van der Waals surface area contributed by atoms with Gasteiger partial charge in [-0.3, -0.25) is 0 Å². The monoisotopic (exact) mass is 474 g/mol. The summed E-state index contributed by atoms with van der Waals surface area (Å²) in [6.07, 6.45) is -1.05. The normalized spacial score (nSPS) is 17.0. The Morgan fingerprint density at radius 2 is 2.12 bits per heavy atom. The summed E-state index contributed by atoms with van der Waals surface area (Å²) < 4.78 is 56.6. The molecular formula is C24H25F3N4O3. The van der Waals surface area contributed by atoms with E-state index in [1.165, 1.54) is 25.3 Å². The van der Waals surface area contributed by atoms with Crippen molar-refractivity contribution < 1.29 is 27.1 Å². The van der Waals surface area contributed by atoms with Gasteiger partial charge in [0, 0.05) is 24.1 Å². The Labute approximate surface area is 194 Å². The zero-order valence-corrected chi connectivity index (χ0v) is 18.6. The number of aromatic nitrogens is 2. The lowest BCUT2D eigenvalue weighted by atomic mass is 10.1. The average molecular weight is 474 g/mol. The van der Waals surface area contributed by atoms with E-state index in [-0.39, 0.29) is 23.3 Å². The van der Waals surface area contributed by atoms with Crippen LogP contribution < -0.4 is 15.8 Å². The minimum atomic E-state index is -4.60. The van der Waals surface area contributed by atoms with Crippen LogP contribution in [0.25, 0.3) is 28.1 Å². The van der Waals surface area contributed by atoms with Gasteiger partial charge in [-0.25, -0.2) is 9.97 Å². The van der Waals surface area contributed by atoms with Gasteiger partial charge in [-0.15, -0.1) is 6.58 Å². The smallest absolute Gasteiger partial charge is 0.433 e. The highest BCUT2D eigenvalue weighted by Crippen LogP contribution is 2.38. The van der Waals surface area contributed by atoms with E-state index in [1.807, 2.05) is 0 Å². The maximum absolute atomic E-state index is 13.2. The first-order chi connectivity index (χ1) is 16.2. The SMILES string of the molecule is C=C[C@H](N)c1oc(-c2ccc(OC)c3nc(C(F)(F)F)ccc23)nc1C(=C)NCC1CCCO1. The standard InChI is InChI=1S/C24H25F3N4O3/c1-4-17(28)22-20(13(2)29-12-14-6-5-11-33-14)31-23(34-22)16-7-9-18(32-3)21-15(16)8-10-19(30-21)24(25,26)27/h4,7-10,14,17,29H,1-2,5-6,11-12,28H2,3H3/t14?,17-/m0/s1. The number of ether oxygens (including phenoxy) is 2. The molecule has 7 nitrogen and oxygen atoms in total. The van der Waals surface area contributed by atoms with Crippen molar-refractivity contribution in [2.75, 3.05) is 20.3 Å². The highest BCUT2D eigenvalue weighted by molar-refractivity contribution is 5.96. The first-order valence-electron chi connectivity index (χ1n) is 10.7. The summed E-state index contributed by atoms with van der Waals surface area (Å²) in [6.45, 7) is 9.07. The third kappa shape index (κ3) is 4.64. The van der Waals surface area contributed by atoms with Crippen LogP contribution in [0.3, 0.4) is 0 Å². The van der Waals surface area contributed by atoms with E-state index < -0.39 is 17.9 Å². The maximum Gasteiger partial charge on any atom is 0.433 e. The predicted molar refractivity (Wildman–Crippen MR) is 122 cm³/mol. The van der Waals surface area contributed by atoms with Crippen LogP contribution in [0.2, 0.25) is 0 Å². The van der Waals surface area contributed by atoms with E-state index in [0.29, 0.717) is 34.6 Å². The Morgan fingerprint density at radius 1 is 1.32 bits per heavy atom. The number of alkyl halides is 3. The van der Waals surface area contributed by atoms with Crippen LogP contribution >= 0.6 is 0 Å². The molecule has 2 aromatic heterocycles. The van der Waals surface area contributed by atoms with Gasteiger partial charge >= 0.3 is 6.18 Å². The third-order valence-electron chi connectivity index (χ3n) is 5.62. The Bertz CT molecular complexity index is 1220. The molecule has 1 aliphatic heterocycles. The molecule has 3 N–H and O–H groups in total. The van der Waals surface area contributed by atoms with Crippen LogP contribution in [-0.2, 0) is 10.9 Å². The fourth-order valence-electron chi connectivity index (χ4n) is 3.82. The number of fused-ring (bicyclic) bond motifs is 1. The number of nitrogens with zero attached hydrogens (tertiary/aromatic N) is 2. The van der Waals surface area contributed by atoms with Crippen LogP contribution in [0.15, 0.2) is 47.9 Å². The summed E-state index contributed by atoms with van der Waals surface area (Å²) in [5.41, 5.74) is 6.52. The summed E-state index contributed by atoms with van der Waals surface area (Å²) in [6, 6.07) is 4.74. The minimum absolute atomic E-state index is 0.0412. The van der Waals surface area contributed by atoms with Crippen LogP contribution in [-0.4, -0.2) is 36.3 Å². The highest BCUT2D eigenvalue weighted by atomic mass is 19.4. The lowest BCUT2D eigenvalue weighted by Gasteiger charge is -2.13. The topological polar surface area (TPSA) is 95.4 Å². The number of hydrogen-bond donors (Lipinski definition) is 2. The van der Waals surface area contributed by atoms with Crippen LogP contribution in [0.5, 0.6) is 5.75 Å². The lowest BCUT2D eigenvalue weighted by molar-refractivity contribution is -0.140. The molecule has 10 heteroatoms. The molecule has 180 valence electrons. The lowest BCUT2D eigenvalue weighted by Crippen LogP contribution is -2.25. The van der Waals surface area contributed by atoms with Gasteiger partial charge in [-0.05, 0) is 37.1 Å². The van der Waals surface area contributed by atoms with E-state index in [1.54, 1.807) is 6.07 Å².